The van der Waals surface area contributed by atoms with Crippen LogP contribution in [0, 0.1) is 5.92 Å². The molecule has 13 heavy (non-hydrogen) atoms. The van der Waals surface area contributed by atoms with Crippen molar-refractivity contribution in [1.29, 1.82) is 0 Å². The number of carbonyl (C=O) groups is 1. The van der Waals surface area contributed by atoms with Crippen LogP contribution in [0.15, 0.2) is 12.2 Å². The molecule has 3 nitrogen and oxygen atoms in total. The average molecular weight is 201 g/mol. The molecule has 4 heteroatoms. The molecule has 74 valence electrons. The Hall–Kier alpha value is -0.480. The Morgan fingerprint density at radius 2 is 2.46 bits per heavy atom. The van der Waals surface area contributed by atoms with E-state index in [0.29, 0.717) is 12.5 Å². The summed E-state index contributed by atoms with van der Waals surface area (Å²) < 4.78 is 0. The standard InChI is InChI=1S/C9H15NO2S/c1-7(9(11)12)4-10-5-8-2-3-13-6-8/h8,10H,1-6H2,(H,11,12). The van der Waals surface area contributed by atoms with Crippen LogP contribution in [0.5, 0.6) is 0 Å². The lowest BCUT2D eigenvalue weighted by molar-refractivity contribution is -0.132. The van der Waals surface area contributed by atoms with Crippen LogP contribution in [0.2, 0.25) is 0 Å². The van der Waals surface area contributed by atoms with Crippen molar-refractivity contribution < 1.29 is 9.90 Å². The van der Waals surface area contributed by atoms with E-state index < -0.39 is 5.97 Å². The van der Waals surface area contributed by atoms with Gasteiger partial charge in [0.05, 0.1) is 0 Å². The van der Waals surface area contributed by atoms with E-state index in [9.17, 15) is 4.79 Å². The fourth-order valence-corrected chi connectivity index (χ4v) is 2.53. The summed E-state index contributed by atoms with van der Waals surface area (Å²) in [7, 11) is 0. The zero-order valence-electron chi connectivity index (χ0n) is 7.58. The smallest absolute Gasteiger partial charge is 0.332 e. The number of rotatable bonds is 5. The van der Waals surface area contributed by atoms with Crippen molar-refractivity contribution in [2.75, 3.05) is 24.6 Å². The van der Waals surface area contributed by atoms with Gasteiger partial charge in [-0.3, -0.25) is 0 Å². The Morgan fingerprint density at radius 3 is 3.00 bits per heavy atom. The first-order chi connectivity index (χ1) is 6.20. The maximum Gasteiger partial charge on any atom is 0.332 e. The predicted molar refractivity (Wildman–Crippen MR) is 55.1 cm³/mol. The SMILES string of the molecule is C=C(CNCC1CCSC1)C(=O)O. The fraction of sp³-hybridized carbons (Fsp3) is 0.667. The average Bonchev–Trinajstić information content (AvgIpc) is 2.56. The lowest BCUT2D eigenvalue weighted by Gasteiger charge is -2.09. The number of hydrogen-bond acceptors (Lipinski definition) is 3. The molecule has 1 atom stereocenters. The van der Waals surface area contributed by atoms with Gasteiger partial charge in [-0.2, -0.15) is 11.8 Å². The lowest BCUT2D eigenvalue weighted by atomic mass is 10.1. The minimum atomic E-state index is -0.909. The molecule has 0 amide bonds. The van der Waals surface area contributed by atoms with Gasteiger partial charge in [-0.05, 0) is 30.4 Å². The quantitative estimate of drug-likeness (QED) is 0.651. The molecule has 1 aliphatic rings. The van der Waals surface area contributed by atoms with E-state index in [1.165, 1.54) is 17.9 Å². The summed E-state index contributed by atoms with van der Waals surface area (Å²) in [5, 5.41) is 11.6. The maximum absolute atomic E-state index is 10.4. The molecule has 0 spiro atoms. The monoisotopic (exact) mass is 201 g/mol. The fourth-order valence-electron chi connectivity index (χ4n) is 1.25. The number of nitrogens with one attached hydrogen (secondary N) is 1. The van der Waals surface area contributed by atoms with E-state index in [1.54, 1.807) is 0 Å². The van der Waals surface area contributed by atoms with Gasteiger partial charge in [0.25, 0.3) is 0 Å². The molecule has 0 bridgehead atoms. The molecular formula is C9H15NO2S. The number of thioether (sulfide) groups is 1. The van der Waals surface area contributed by atoms with Gasteiger partial charge in [0.2, 0.25) is 0 Å². The molecule has 1 fully saturated rings. The molecule has 1 saturated heterocycles. The molecular weight excluding hydrogens is 186 g/mol. The molecule has 0 aliphatic carbocycles. The van der Waals surface area contributed by atoms with Crippen LogP contribution in [0.1, 0.15) is 6.42 Å². The highest BCUT2D eigenvalue weighted by atomic mass is 32.2. The summed E-state index contributed by atoms with van der Waals surface area (Å²) in [6.07, 6.45) is 1.25. The van der Waals surface area contributed by atoms with Crippen molar-refractivity contribution >= 4 is 17.7 Å². The van der Waals surface area contributed by atoms with Crippen LogP contribution in [0.25, 0.3) is 0 Å². The third-order valence-electron chi connectivity index (χ3n) is 2.10. The van der Waals surface area contributed by atoms with Gasteiger partial charge in [-0.1, -0.05) is 6.58 Å². The molecule has 1 aliphatic heterocycles. The van der Waals surface area contributed by atoms with E-state index in [1.807, 2.05) is 11.8 Å². The van der Waals surface area contributed by atoms with Crippen molar-refractivity contribution in [3.05, 3.63) is 12.2 Å². The predicted octanol–water partition coefficient (Wildman–Crippen LogP) is 0.970. The number of hydrogen-bond donors (Lipinski definition) is 2. The number of carboxylic acids is 1. The molecule has 2 N–H and O–H groups in total. The van der Waals surface area contributed by atoms with Crippen LogP contribution < -0.4 is 5.32 Å². The molecule has 1 rings (SSSR count). The molecule has 0 aromatic carbocycles. The minimum Gasteiger partial charge on any atom is -0.478 e. The highest BCUT2D eigenvalue weighted by Crippen LogP contribution is 2.22. The second kappa shape index (κ2) is 5.29. The minimum absolute atomic E-state index is 0.241. The van der Waals surface area contributed by atoms with E-state index >= 15 is 0 Å². The first-order valence-electron chi connectivity index (χ1n) is 4.39. The van der Waals surface area contributed by atoms with Gasteiger partial charge >= 0.3 is 5.97 Å². The Morgan fingerprint density at radius 1 is 1.69 bits per heavy atom. The maximum atomic E-state index is 10.4. The summed E-state index contributed by atoms with van der Waals surface area (Å²) in [4.78, 5) is 10.4. The van der Waals surface area contributed by atoms with Gasteiger partial charge in [-0.25, -0.2) is 4.79 Å². The van der Waals surface area contributed by atoms with Gasteiger partial charge in [0.1, 0.15) is 0 Å². The zero-order chi connectivity index (χ0) is 9.68. The van der Waals surface area contributed by atoms with E-state index in [2.05, 4.69) is 11.9 Å². The van der Waals surface area contributed by atoms with E-state index in [0.717, 1.165) is 6.54 Å². The highest BCUT2D eigenvalue weighted by molar-refractivity contribution is 7.99. The van der Waals surface area contributed by atoms with Crippen LogP contribution >= 0.6 is 11.8 Å². The normalized spacial score (nSPS) is 21.7. The molecule has 0 radical (unpaired) electrons. The Labute approximate surface area is 82.6 Å². The summed E-state index contributed by atoms with van der Waals surface area (Å²) in [6.45, 7) is 4.77. The Bertz CT molecular complexity index is 200. The van der Waals surface area contributed by atoms with Gasteiger partial charge in [0.15, 0.2) is 0 Å². The van der Waals surface area contributed by atoms with E-state index in [-0.39, 0.29) is 5.57 Å². The van der Waals surface area contributed by atoms with Crippen molar-refractivity contribution in [2.24, 2.45) is 5.92 Å². The van der Waals surface area contributed by atoms with Crippen molar-refractivity contribution in [2.45, 2.75) is 6.42 Å². The van der Waals surface area contributed by atoms with Crippen molar-refractivity contribution in [3.8, 4) is 0 Å². The van der Waals surface area contributed by atoms with E-state index in [4.69, 9.17) is 5.11 Å². The summed E-state index contributed by atoms with van der Waals surface area (Å²) in [6, 6.07) is 0. The lowest BCUT2D eigenvalue weighted by Crippen LogP contribution is -2.26. The molecule has 0 saturated carbocycles. The van der Waals surface area contributed by atoms with Gasteiger partial charge in [0, 0.05) is 12.1 Å². The van der Waals surface area contributed by atoms with Crippen molar-refractivity contribution in [3.63, 3.8) is 0 Å². The molecule has 1 unspecified atom stereocenters. The second-order valence-corrected chi connectivity index (χ2v) is 4.42. The topological polar surface area (TPSA) is 49.3 Å². The zero-order valence-corrected chi connectivity index (χ0v) is 8.40. The summed E-state index contributed by atoms with van der Waals surface area (Å²) in [5.74, 6) is 2.25. The first-order valence-corrected chi connectivity index (χ1v) is 5.55. The molecule has 1 heterocycles. The van der Waals surface area contributed by atoms with Crippen LogP contribution in [-0.2, 0) is 4.79 Å². The van der Waals surface area contributed by atoms with Crippen LogP contribution in [0.3, 0.4) is 0 Å². The van der Waals surface area contributed by atoms with Crippen LogP contribution in [0.4, 0.5) is 0 Å². The molecule has 0 aromatic rings. The third kappa shape index (κ3) is 3.83. The first kappa shape index (κ1) is 10.6. The van der Waals surface area contributed by atoms with Gasteiger partial charge < -0.3 is 10.4 Å². The number of carboxylic acid groups (broad SMARTS) is 1. The Balaban J connectivity index is 2.06. The number of aliphatic carboxylic acids is 1. The van der Waals surface area contributed by atoms with Gasteiger partial charge in [-0.15, -0.1) is 0 Å². The molecule has 0 aromatic heterocycles. The Kier molecular flexibility index (Phi) is 4.32. The summed E-state index contributed by atoms with van der Waals surface area (Å²) in [5.41, 5.74) is 0.241. The highest BCUT2D eigenvalue weighted by Gasteiger charge is 2.14. The summed E-state index contributed by atoms with van der Waals surface area (Å²) >= 11 is 1.97. The van der Waals surface area contributed by atoms with Crippen molar-refractivity contribution in [1.82, 2.24) is 5.32 Å². The van der Waals surface area contributed by atoms with Crippen LogP contribution in [-0.4, -0.2) is 35.7 Å². The largest absolute Gasteiger partial charge is 0.478 e. The second-order valence-electron chi connectivity index (χ2n) is 3.27. The third-order valence-corrected chi connectivity index (χ3v) is 3.33.